The summed E-state index contributed by atoms with van der Waals surface area (Å²) < 4.78 is 10.8. The van der Waals surface area contributed by atoms with Crippen molar-refractivity contribution in [3.63, 3.8) is 0 Å². The van der Waals surface area contributed by atoms with E-state index in [-0.39, 0.29) is 23.7 Å². The van der Waals surface area contributed by atoms with Gasteiger partial charge in [-0.2, -0.15) is 0 Å². The van der Waals surface area contributed by atoms with Gasteiger partial charge in [0.15, 0.2) is 0 Å². The zero-order chi connectivity index (χ0) is 15.4. The van der Waals surface area contributed by atoms with E-state index in [1.54, 1.807) is 7.11 Å². The number of hydrogen-bond donors (Lipinski definition) is 2. The van der Waals surface area contributed by atoms with Crippen molar-refractivity contribution < 1.29 is 14.3 Å². The number of fused-ring (bicyclic) bond motifs is 1. The predicted molar refractivity (Wildman–Crippen MR) is 90.9 cm³/mol. The maximum atomic E-state index is 12.4. The average Bonchev–Trinajstić information content (AvgIpc) is 3.01. The van der Waals surface area contributed by atoms with Gasteiger partial charge in [-0.3, -0.25) is 4.79 Å². The van der Waals surface area contributed by atoms with Crippen LogP contribution in [0.4, 0.5) is 0 Å². The molecular formula is C17H25ClN2O3. The van der Waals surface area contributed by atoms with E-state index in [4.69, 9.17) is 9.47 Å². The Morgan fingerprint density at radius 2 is 2.04 bits per heavy atom. The molecule has 1 fully saturated rings. The Hall–Kier alpha value is -1.14. The first-order valence-electron chi connectivity index (χ1n) is 7.90. The highest BCUT2D eigenvalue weighted by atomic mass is 35.5. The number of hydrogen-bond acceptors (Lipinski definition) is 4. The van der Waals surface area contributed by atoms with E-state index in [1.807, 2.05) is 18.2 Å². The number of carbonyl (C=O) groups excluding carboxylic acids is 1. The van der Waals surface area contributed by atoms with Gasteiger partial charge in [0.2, 0.25) is 0 Å². The molecular weight excluding hydrogens is 316 g/mol. The van der Waals surface area contributed by atoms with Crippen LogP contribution in [0.1, 0.15) is 34.3 Å². The molecule has 1 aromatic carbocycles. The summed E-state index contributed by atoms with van der Waals surface area (Å²) in [6.07, 6.45) is 2.05. The smallest absolute Gasteiger partial charge is 0.251 e. The lowest BCUT2D eigenvalue weighted by molar-refractivity contribution is 0.0511. The summed E-state index contributed by atoms with van der Waals surface area (Å²) in [7, 11) is 1.73. The van der Waals surface area contributed by atoms with Crippen LogP contribution in [-0.2, 0) is 22.7 Å². The van der Waals surface area contributed by atoms with E-state index in [1.165, 1.54) is 5.56 Å². The van der Waals surface area contributed by atoms with Gasteiger partial charge >= 0.3 is 0 Å². The molecule has 0 spiro atoms. The summed E-state index contributed by atoms with van der Waals surface area (Å²) in [4.78, 5) is 12.4. The van der Waals surface area contributed by atoms with Gasteiger partial charge in [0.25, 0.3) is 5.91 Å². The van der Waals surface area contributed by atoms with Crippen molar-refractivity contribution in [1.82, 2.24) is 10.6 Å². The highest BCUT2D eigenvalue weighted by Crippen LogP contribution is 2.28. The molecule has 23 heavy (non-hydrogen) atoms. The number of nitrogens with one attached hydrogen (secondary N) is 2. The van der Waals surface area contributed by atoms with Crippen LogP contribution in [-0.4, -0.2) is 39.3 Å². The third-order valence-corrected chi connectivity index (χ3v) is 4.72. The van der Waals surface area contributed by atoms with Crippen molar-refractivity contribution in [2.24, 2.45) is 5.41 Å². The van der Waals surface area contributed by atoms with Crippen LogP contribution in [0.2, 0.25) is 0 Å². The van der Waals surface area contributed by atoms with Crippen molar-refractivity contribution in [2.75, 3.05) is 33.4 Å². The Morgan fingerprint density at radius 3 is 2.78 bits per heavy atom. The number of methoxy groups -OCH3 is 1. The Labute approximate surface area is 143 Å². The van der Waals surface area contributed by atoms with Gasteiger partial charge in [0.05, 0.1) is 19.8 Å². The number of amides is 1. The van der Waals surface area contributed by atoms with Gasteiger partial charge in [-0.15, -0.1) is 12.4 Å². The Bertz CT molecular complexity index is 539. The Balaban J connectivity index is 0.00000192. The first kappa shape index (κ1) is 18.2. The van der Waals surface area contributed by atoms with Gasteiger partial charge in [0.1, 0.15) is 0 Å². The summed E-state index contributed by atoms with van der Waals surface area (Å²) >= 11 is 0. The average molecular weight is 341 g/mol. The van der Waals surface area contributed by atoms with E-state index in [9.17, 15) is 4.79 Å². The molecule has 1 saturated heterocycles. The fraction of sp³-hybridized carbons (Fsp3) is 0.588. The molecule has 2 N–H and O–H groups in total. The van der Waals surface area contributed by atoms with Crippen molar-refractivity contribution in [2.45, 2.75) is 26.1 Å². The zero-order valence-electron chi connectivity index (χ0n) is 13.5. The lowest BCUT2D eigenvalue weighted by atomic mass is 9.79. The molecule has 3 rings (SSSR count). The third kappa shape index (κ3) is 4.23. The number of halogens is 1. The molecule has 5 nitrogen and oxygen atoms in total. The highest BCUT2D eigenvalue weighted by Gasteiger charge is 2.32. The molecule has 128 valence electrons. The fourth-order valence-electron chi connectivity index (χ4n) is 3.32. The van der Waals surface area contributed by atoms with Gasteiger partial charge in [0, 0.05) is 24.6 Å². The largest absolute Gasteiger partial charge is 0.384 e. The second kappa shape index (κ2) is 8.11. The molecule has 0 bridgehead atoms. The molecule has 1 aromatic rings. The number of benzene rings is 1. The molecule has 0 unspecified atom stereocenters. The van der Waals surface area contributed by atoms with Gasteiger partial charge in [-0.05, 0) is 49.2 Å². The summed E-state index contributed by atoms with van der Waals surface area (Å²) in [5.74, 6) is -0.0105. The minimum absolute atomic E-state index is 0. The molecule has 1 amide bonds. The van der Waals surface area contributed by atoms with Crippen LogP contribution in [0.5, 0.6) is 0 Å². The van der Waals surface area contributed by atoms with Crippen LogP contribution in [0.3, 0.4) is 0 Å². The van der Waals surface area contributed by atoms with Crippen LogP contribution in [0.15, 0.2) is 18.2 Å². The Kier molecular flexibility index (Phi) is 6.41. The summed E-state index contributed by atoms with van der Waals surface area (Å²) in [5, 5.41) is 6.46. The summed E-state index contributed by atoms with van der Waals surface area (Å²) in [5.41, 5.74) is 3.08. The molecule has 2 heterocycles. The zero-order valence-corrected chi connectivity index (χ0v) is 14.3. The van der Waals surface area contributed by atoms with E-state index in [2.05, 4.69) is 10.6 Å². The molecule has 0 atom stereocenters. The fourth-order valence-corrected chi connectivity index (χ4v) is 3.32. The minimum atomic E-state index is -0.0105. The Morgan fingerprint density at radius 1 is 1.30 bits per heavy atom. The van der Waals surface area contributed by atoms with Crippen molar-refractivity contribution in [3.8, 4) is 0 Å². The normalized spacial score (nSPS) is 18.8. The van der Waals surface area contributed by atoms with Gasteiger partial charge in [-0.25, -0.2) is 0 Å². The van der Waals surface area contributed by atoms with E-state index >= 15 is 0 Å². The summed E-state index contributed by atoms with van der Waals surface area (Å²) in [6, 6.07) is 5.82. The second-order valence-corrected chi connectivity index (χ2v) is 6.34. The van der Waals surface area contributed by atoms with E-state index in [0.29, 0.717) is 31.9 Å². The van der Waals surface area contributed by atoms with Crippen LogP contribution in [0, 0.1) is 5.41 Å². The maximum Gasteiger partial charge on any atom is 0.251 e. The maximum absolute atomic E-state index is 12.4. The van der Waals surface area contributed by atoms with E-state index < -0.39 is 0 Å². The third-order valence-electron chi connectivity index (χ3n) is 4.72. The predicted octanol–water partition coefficient (Wildman–Crippen LogP) is 1.88. The summed E-state index contributed by atoms with van der Waals surface area (Å²) in [6.45, 7) is 4.57. The minimum Gasteiger partial charge on any atom is -0.384 e. The monoisotopic (exact) mass is 340 g/mol. The quantitative estimate of drug-likeness (QED) is 0.859. The van der Waals surface area contributed by atoms with Crippen LogP contribution >= 0.6 is 12.4 Å². The van der Waals surface area contributed by atoms with Crippen molar-refractivity contribution in [1.29, 1.82) is 0 Å². The number of rotatable bonds is 5. The first-order valence-corrected chi connectivity index (χ1v) is 7.90. The van der Waals surface area contributed by atoms with Crippen LogP contribution < -0.4 is 10.6 Å². The van der Waals surface area contributed by atoms with Crippen molar-refractivity contribution in [3.05, 3.63) is 34.9 Å². The van der Waals surface area contributed by atoms with Crippen LogP contribution in [0.25, 0.3) is 0 Å². The van der Waals surface area contributed by atoms with Gasteiger partial charge < -0.3 is 20.1 Å². The van der Waals surface area contributed by atoms with Gasteiger partial charge in [-0.1, -0.05) is 6.07 Å². The molecule has 0 aromatic heterocycles. The number of ether oxygens (including phenoxy) is 2. The second-order valence-electron chi connectivity index (χ2n) is 6.34. The molecule has 2 aliphatic heterocycles. The molecule has 0 saturated carbocycles. The number of piperidine rings is 1. The first-order chi connectivity index (χ1) is 10.7. The topological polar surface area (TPSA) is 59.6 Å². The standard InChI is InChI=1S/C17H24N2O3.ClH/c1-21-12-17(4-6-18-7-5-17)11-19-16(20)13-2-3-14-9-22-10-15(14)8-13;/h2-3,8,18H,4-7,9-12H2,1H3,(H,19,20);1H. The lowest BCUT2D eigenvalue weighted by Crippen LogP contribution is -2.47. The SMILES string of the molecule is COCC1(CNC(=O)c2ccc3c(c2)COC3)CCNCC1.Cl. The molecule has 0 radical (unpaired) electrons. The highest BCUT2D eigenvalue weighted by molar-refractivity contribution is 5.94. The molecule has 0 aliphatic carbocycles. The molecule has 6 heteroatoms. The van der Waals surface area contributed by atoms with E-state index in [0.717, 1.165) is 31.5 Å². The number of carbonyl (C=O) groups is 1. The molecule has 2 aliphatic rings. The lowest BCUT2D eigenvalue weighted by Gasteiger charge is -2.37. The van der Waals surface area contributed by atoms with Crippen molar-refractivity contribution >= 4 is 18.3 Å².